The van der Waals surface area contributed by atoms with Crippen LogP contribution in [0.15, 0.2) is 77.5 Å². The van der Waals surface area contributed by atoms with Gasteiger partial charge >= 0.3 is 5.97 Å². The topological polar surface area (TPSA) is 131 Å². The molecule has 0 saturated carbocycles. The normalized spacial score (nSPS) is 13.7. The standard InChI is InChI=1S/C28H34N2O6S.C26H32N2O3S/c1-29(11-7-20-18-37-26-16-22(5-6-23(20)26)36-17-28(32)33)9-4-10-30-12-8-19-13-24(34-2)25(35-3)14-21(19)15-27(30)31;1-27(13-8-19-6-4-7-25-22(19)10-15-32-25)11-5-12-28-14-9-20-16-23(30-2)24(31-3)17-21(20)18-26(28)29/h5-6,13-14,16,18H,4,7-12,15,17H2,1-3H3,(H,32,33);4,6-7,10,15-17H,5,8-9,11-14,18H2,1-3H3. The van der Waals surface area contributed by atoms with E-state index in [0.29, 0.717) is 42.4 Å². The molecule has 4 aromatic carbocycles. The first-order valence-electron chi connectivity index (χ1n) is 23.7. The van der Waals surface area contributed by atoms with Crippen LogP contribution in [0.2, 0.25) is 0 Å². The molecule has 0 bridgehead atoms. The molecule has 15 heteroatoms. The van der Waals surface area contributed by atoms with E-state index in [-0.39, 0.29) is 18.4 Å². The third-order valence-electron chi connectivity index (χ3n) is 13.1. The van der Waals surface area contributed by atoms with E-state index >= 15 is 0 Å². The molecule has 1 N–H and O–H groups in total. The van der Waals surface area contributed by atoms with E-state index in [1.807, 2.05) is 52.3 Å². The van der Waals surface area contributed by atoms with Gasteiger partial charge in [0.1, 0.15) is 5.75 Å². The highest BCUT2D eigenvalue weighted by molar-refractivity contribution is 7.17. The quantitative estimate of drug-likeness (QED) is 0.0748. The largest absolute Gasteiger partial charge is 0.493 e. The van der Waals surface area contributed by atoms with E-state index in [1.54, 1.807) is 51.1 Å². The van der Waals surface area contributed by atoms with Gasteiger partial charge in [-0.3, -0.25) is 9.59 Å². The zero-order valence-corrected chi connectivity index (χ0v) is 42.5. The van der Waals surface area contributed by atoms with Crippen molar-refractivity contribution in [3.8, 4) is 28.7 Å². The summed E-state index contributed by atoms with van der Waals surface area (Å²) >= 11 is 3.45. The molecular formula is C54H66N4O9S2. The van der Waals surface area contributed by atoms with E-state index in [2.05, 4.69) is 58.9 Å². The van der Waals surface area contributed by atoms with Gasteiger partial charge in [0.05, 0.1) is 41.3 Å². The number of carbonyl (C=O) groups is 3. The summed E-state index contributed by atoms with van der Waals surface area (Å²) in [5.41, 5.74) is 7.10. The maximum absolute atomic E-state index is 12.9. The Morgan fingerprint density at radius 3 is 1.68 bits per heavy atom. The molecule has 0 aliphatic carbocycles. The van der Waals surface area contributed by atoms with Gasteiger partial charge in [-0.15, -0.1) is 22.7 Å². The lowest BCUT2D eigenvalue weighted by Gasteiger charge is -2.23. The van der Waals surface area contributed by atoms with Crippen molar-refractivity contribution in [3.63, 3.8) is 0 Å². The second-order valence-electron chi connectivity index (χ2n) is 17.7. The number of carbonyl (C=O) groups excluding carboxylic acids is 2. The first-order valence-corrected chi connectivity index (χ1v) is 25.4. The molecule has 0 radical (unpaired) electrons. The van der Waals surface area contributed by atoms with E-state index in [1.165, 1.54) is 32.2 Å². The van der Waals surface area contributed by atoms with Crippen molar-refractivity contribution in [2.45, 2.75) is 51.4 Å². The zero-order chi connectivity index (χ0) is 48.9. The van der Waals surface area contributed by atoms with Gasteiger partial charge in [-0.1, -0.05) is 12.1 Å². The monoisotopic (exact) mass is 978 g/mol. The number of benzene rings is 4. The Bertz CT molecular complexity index is 2700. The van der Waals surface area contributed by atoms with Gasteiger partial charge in [0.25, 0.3) is 0 Å². The van der Waals surface area contributed by atoms with E-state index in [0.717, 1.165) is 111 Å². The summed E-state index contributed by atoms with van der Waals surface area (Å²) in [7, 11) is 10.8. The third kappa shape index (κ3) is 13.5. The summed E-state index contributed by atoms with van der Waals surface area (Å²) in [4.78, 5) is 45.2. The molecule has 0 saturated heterocycles. The summed E-state index contributed by atoms with van der Waals surface area (Å²) in [5, 5.41) is 15.7. The molecule has 0 spiro atoms. The van der Waals surface area contributed by atoms with Crippen LogP contribution < -0.4 is 23.7 Å². The van der Waals surface area contributed by atoms with Crippen LogP contribution in [0.5, 0.6) is 28.7 Å². The number of likely N-dealkylation sites (N-methyl/N-ethyl adjacent to an activating group) is 2. The molecule has 2 amide bonds. The van der Waals surface area contributed by atoms with Crippen LogP contribution in [0.4, 0.5) is 0 Å². The van der Waals surface area contributed by atoms with Crippen LogP contribution >= 0.6 is 22.7 Å². The van der Waals surface area contributed by atoms with Gasteiger partial charge in [-0.2, -0.15) is 0 Å². The fourth-order valence-corrected chi connectivity index (χ4v) is 11.0. The number of carboxylic acids is 1. The molecule has 8 rings (SSSR count). The van der Waals surface area contributed by atoms with Crippen LogP contribution in [0.1, 0.15) is 46.2 Å². The fraction of sp³-hybridized carbons (Fsp3) is 0.426. The van der Waals surface area contributed by atoms with Crippen molar-refractivity contribution < 1.29 is 43.2 Å². The summed E-state index contributed by atoms with van der Waals surface area (Å²) in [5.74, 6) is 2.72. The Balaban J connectivity index is 0.000000206. The predicted octanol–water partition coefficient (Wildman–Crippen LogP) is 8.28. The maximum atomic E-state index is 12.9. The predicted molar refractivity (Wildman–Crippen MR) is 275 cm³/mol. The highest BCUT2D eigenvalue weighted by Crippen LogP contribution is 2.35. The number of carboxylic acid groups (broad SMARTS) is 1. The maximum Gasteiger partial charge on any atom is 0.341 e. The molecule has 0 unspecified atom stereocenters. The Kier molecular flexibility index (Phi) is 18.2. The molecule has 368 valence electrons. The Morgan fingerprint density at radius 1 is 0.623 bits per heavy atom. The minimum Gasteiger partial charge on any atom is -0.493 e. The molecule has 13 nitrogen and oxygen atoms in total. The van der Waals surface area contributed by atoms with Gasteiger partial charge in [0, 0.05) is 48.7 Å². The van der Waals surface area contributed by atoms with E-state index < -0.39 is 5.97 Å². The van der Waals surface area contributed by atoms with Crippen LogP contribution in [-0.2, 0) is 52.9 Å². The zero-order valence-electron chi connectivity index (χ0n) is 40.8. The molecule has 2 aliphatic rings. The lowest BCUT2D eigenvalue weighted by atomic mass is 10.0. The van der Waals surface area contributed by atoms with Crippen LogP contribution in [0, 0.1) is 0 Å². The summed E-state index contributed by atoms with van der Waals surface area (Å²) in [6, 6.07) is 22.4. The number of thiophene rings is 2. The minimum atomic E-state index is -0.985. The van der Waals surface area contributed by atoms with Crippen LogP contribution in [-0.4, -0.2) is 144 Å². The summed E-state index contributed by atoms with van der Waals surface area (Å²) in [6.07, 6.45) is 6.34. The van der Waals surface area contributed by atoms with Gasteiger partial charge in [-0.25, -0.2) is 4.79 Å². The van der Waals surface area contributed by atoms with Crippen molar-refractivity contribution in [1.29, 1.82) is 0 Å². The number of hydrogen-bond donors (Lipinski definition) is 1. The van der Waals surface area contributed by atoms with Gasteiger partial charge in [0.2, 0.25) is 11.8 Å². The number of nitrogens with zero attached hydrogens (tertiary/aromatic N) is 4. The molecule has 0 atom stereocenters. The number of fused-ring (bicyclic) bond motifs is 4. The molecular weight excluding hydrogens is 913 g/mol. The average Bonchev–Trinajstić information content (AvgIpc) is 3.94. The molecule has 2 aromatic heterocycles. The number of methoxy groups -OCH3 is 4. The average molecular weight is 979 g/mol. The van der Waals surface area contributed by atoms with Crippen molar-refractivity contribution >= 4 is 60.6 Å². The van der Waals surface area contributed by atoms with Crippen molar-refractivity contribution in [2.75, 3.05) is 101 Å². The summed E-state index contributed by atoms with van der Waals surface area (Å²) < 4.78 is 29.4. The Labute approximate surface area is 414 Å². The van der Waals surface area contributed by atoms with E-state index in [4.69, 9.17) is 28.8 Å². The fourth-order valence-electron chi connectivity index (χ4n) is 9.18. The number of rotatable bonds is 21. The molecule has 2 aliphatic heterocycles. The highest BCUT2D eigenvalue weighted by Gasteiger charge is 2.24. The molecule has 0 fully saturated rings. The van der Waals surface area contributed by atoms with Crippen LogP contribution in [0.3, 0.4) is 0 Å². The first-order chi connectivity index (χ1) is 33.5. The van der Waals surface area contributed by atoms with Gasteiger partial charge < -0.3 is 48.4 Å². The van der Waals surface area contributed by atoms with Gasteiger partial charge in [-0.05, 0) is 175 Å². The first kappa shape index (κ1) is 51.0. The second-order valence-corrected chi connectivity index (χ2v) is 19.6. The van der Waals surface area contributed by atoms with Crippen molar-refractivity contribution in [2.24, 2.45) is 0 Å². The number of hydrogen-bond acceptors (Lipinski definition) is 12. The van der Waals surface area contributed by atoms with Crippen molar-refractivity contribution in [3.05, 3.63) is 111 Å². The lowest BCUT2D eigenvalue weighted by molar-refractivity contribution is -0.139. The number of ether oxygens (including phenoxy) is 5. The van der Waals surface area contributed by atoms with Crippen LogP contribution in [0.25, 0.3) is 20.2 Å². The minimum absolute atomic E-state index is 0.157. The smallest absolute Gasteiger partial charge is 0.341 e. The van der Waals surface area contributed by atoms with E-state index in [9.17, 15) is 14.4 Å². The van der Waals surface area contributed by atoms with Gasteiger partial charge in [0.15, 0.2) is 29.6 Å². The lowest BCUT2D eigenvalue weighted by Crippen LogP contribution is -2.35. The van der Waals surface area contributed by atoms with Crippen molar-refractivity contribution in [1.82, 2.24) is 19.6 Å². The number of amides is 2. The molecule has 69 heavy (non-hydrogen) atoms. The molecule has 4 heterocycles. The Morgan fingerprint density at radius 2 is 1.14 bits per heavy atom. The second kappa shape index (κ2) is 24.6. The third-order valence-corrected chi connectivity index (χ3v) is 15.0. The number of aliphatic carboxylic acids is 1. The molecule has 6 aromatic rings. The summed E-state index contributed by atoms with van der Waals surface area (Å²) in [6.45, 7) is 6.50. The Hall–Kier alpha value is -5.87. The highest BCUT2D eigenvalue weighted by atomic mass is 32.1. The SMILES string of the molecule is COc1cc2c(cc1OC)CC(=O)N(CCCN(C)CCc1cccc3sccc13)CC2.COc1cc2c(cc1OC)CC(=O)N(CCCN(C)CCc1csc3cc(OCC(=O)O)ccc13)CC2.